The molecule has 3 nitrogen and oxygen atoms in total. The molecule has 0 saturated carbocycles. The minimum atomic E-state index is -0.240. The fraction of sp³-hybridized carbons (Fsp3) is 0.500. The first-order valence-corrected chi connectivity index (χ1v) is 7.28. The van der Waals surface area contributed by atoms with Crippen LogP contribution in [0, 0.1) is 0 Å². The average Bonchev–Trinajstić information content (AvgIpc) is 2.37. The van der Waals surface area contributed by atoms with Crippen molar-refractivity contribution in [2.45, 2.75) is 25.2 Å². The molecule has 2 N–H and O–H groups in total. The number of benzene rings is 1. The van der Waals surface area contributed by atoms with Crippen molar-refractivity contribution < 1.29 is 4.79 Å². The number of halogens is 2. The van der Waals surface area contributed by atoms with E-state index in [4.69, 9.17) is 28.9 Å². The summed E-state index contributed by atoms with van der Waals surface area (Å²) in [5.74, 6) is 0.169. The molecule has 1 saturated heterocycles. The molecule has 5 heteroatoms. The number of piperidine rings is 1. The Morgan fingerprint density at radius 2 is 1.84 bits per heavy atom. The van der Waals surface area contributed by atoms with E-state index in [2.05, 4.69) is 4.90 Å². The van der Waals surface area contributed by atoms with Crippen molar-refractivity contribution >= 4 is 29.1 Å². The van der Waals surface area contributed by atoms with Crippen LogP contribution in [0.3, 0.4) is 0 Å². The Morgan fingerprint density at radius 3 is 2.37 bits per heavy atom. The van der Waals surface area contributed by atoms with Crippen molar-refractivity contribution in [3.05, 3.63) is 33.8 Å². The second-order valence-electron chi connectivity index (χ2n) is 4.97. The normalized spacial score (nSPS) is 17.6. The van der Waals surface area contributed by atoms with Gasteiger partial charge in [-0.3, -0.25) is 4.79 Å². The van der Waals surface area contributed by atoms with Gasteiger partial charge in [0.1, 0.15) is 0 Å². The van der Waals surface area contributed by atoms with Crippen LogP contribution in [0.5, 0.6) is 0 Å². The Kier molecular flexibility index (Phi) is 5.08. The van der Waals surface area contributed by atoms with Crippen molar-refractivity contribution in [1.82, 2.24) is 4.90 Å². The summed E-state index contributed by atoms with van der Waals surface area (Å²) in [7, 11) is 0. The van der Waals surface area contributed by atoms with Crippen molar-refractivity contribution in [3.8, 4) is 0 Å². The van der Waals surface area contributed by atoms with Gasteiger partial charge >= 0.3 is 0 Å². The van der Waals surface area contributed by atoms with Crippen LogP contribution < -0.4 is 5.73 Å². The molecule has 1 amide bonds. The fourth-order valence-electron chi connectivity index (χ4n) is 2.61. The van der Waals surface area contributed by atoms with Gasteiger partial charge in [0.2, 0.25) is 5.91 Å². The molecule has 0 bridgehead atoms. The number of amides is 1. The lowest BCUT2D eigenvalue weighted by Gasteiger charge is -2.32. The Balaban J connectivity index is 1.94. The molecular weight excluding hydrogens is 283 g/mol. The molecular formula is C14H18Cl2N2O. The van der Waals surface area contributed by atoms with Crippen LogP contribution in [0.2, 0.25) is 10.0 Å². The predicted octanol–water partition coefficient (Wildman–Crippen LogP) is 3.05. The molecule has 0 unspecified atom stereocenters. The molecule has 1 heterocycles. The van der Waals surface area contributed by atoms with E-state index in [0.717, 1.165) is 48.1 Å². The zero-order valence-electron chi connectivity index (χ0n) is 10.7. The van der Waals surface area contributed by atoms with Gasteiger partial charge in [-0.1, -0.05) is 29.3 Å². The van der Waals surface area contributed by atoms with Gasteiger partial charge in [-0.25, -0.2) is 0 Å². The number of likely N-dealkylation sites (tertiary alicyclic amines) is 1. The Hall–Kier alpha value is -0.770. The van der Waals surface area contributed by atoms with E-state index >= 15 is 0 Å². The lowest BCUT2D eigenvalue weighted by Crippen LogP contribution is -2.35. The van der Waals surface area contributed by atoms with Crippen molar-refractivity contribution in [1.29, 1.82) is 0 Å². The van der Waals surface area contributed by atoms with Crippen LogP contribution >= 0.6 is 23.2 Å². The SMILES string of the molecule is NC(=O)CCN1CCC(c2c(Cl)cccc2Cl)CC1. The zero-order chi connectivity index (χ0) is 13.8. The largest absolute Gasteiger partial charge is 0.370 e. The minimum absolute atomic E-state index is 0.240. The van der Waals surface area contributed by atoms with E-state index in [1.165, 1.54) is 0 Å². The number of rotatable bonds is 4. The molecule has 104 valence electrons. The molecule has 0 aromatic heterocycles. The lowest BCUT2D eigenvalue weighted by molar-refractivity contribution is -0.118. The van der Waals surface area contributed by atoms with Crippen LogP contribution in [-0.4, -0.2) is 30.4 Å². The molecule has 0 aliphatic carbocycles. The van der Waals surface area contributed by atoms with Crippen molar-refractivity contribution in [2.24, 2.45) is 5.73 Å². The van der Waals surface area contributed by atoms with Crippen molar-refractivity contribution in [2.75, 3.05) is 19.6 Å². The summed E-state index contributed by atoms with van der Waals surface area (Å²) in [6.45, 7) is 2.66. The van der Waals surface area contributed by atoms with Gasteiger partial charge < -0.3 is 10.6 Å². The summed E-state index contributed by atoms with van der Waals surface area (Å²) in [6, 6.07) is 5.65. The number of hydrogen-bond acceptors (Lipinski definition) is 2. The van der Waals surface area contributed by atoms with Crippen LogP contribution in [0.4, 0.5) is 0 Å². The highest BCUT2D eigenvalue weighted by Crippen LogP contribution is 2.37. The third-order valence-corrected chi connectivity index (χ3v) is 4.33. The van der Waals surface area contributed by atoms with E-state index < -0.39 is 0 Å². The zero-order valence-corrected chi connectivity index (χ0v) is 12.3. The highest BCUT2D eigenvalue weighted by Gasteiger charge is 2.24. The van der Waals surface area contributed by atoms with E-state index in [1.807, 2.05) is 18.2 Å². The van der Waals surface area contributed by atoms with E-state index in [1.54, 1.807) is 0 Å². The monoisotopic (exact) mass is 300 g/mol. The van der Waals surface area contributed by atoms with Crippen LogP contribution in [0.1, 0.15) is 30.7 Å². The van der Waals surface area contributed by atoms with Gasteiger partial charge in [0, 0.05) is 23.0 Å². The number of carbonyl (C=O) groups excluding carboxylic acids is 1. The summed E-state index contributed by atoms with van der Waals surface area (Å²) in [6.07, 6.45) is 2.46. The molecule has 0 atom stereocenters. The topological polar surface area (TPSA) is 46.3 Å². The first-order chi connectivity index (χ1) is 9.08. The molecule has 1 aromatic carbocycles. The maximum Gasteiger partial charge on any atom is 0.218 e. The van der Waals surface area contributed by atoms with Crippen molar-refractivity contribution in [3.63, 3.8) is 0 Å². The molecule has 19 heavy (non-hydrogen) atoms. The Bertz CT molecular complexity index is 437. The number of hydrogen-bond donors (Lipinski definition) is 1. The number of carbonyl (C=O) groups is 1. The Morgan fingerprint density at radius 1 is 1.26 bits per heavy atom. The summed E-state index contributed by atoms with van der Waals surface area (Å²) in [5, 5.41) is 1.51. The molecule has 1 aliphatic heterocycles. The van der Waals surface area contributed by atoms with Gasteiger partial charge in [0.25, 0.3) is 0 Å². The maximum atomic E-state index is 10.8. The summed E-state index contributed by atoms with van der Waals surface area (Å²) in [4.78, 5) is 13.0. The van der Waals surface area contributed by atoms with Gasteiger partial charge in [-0.15, -0.1) is 0 Å². The quantitative estimate of drug-likeness (QED) is 0.929. The van der Waals surface area contributed by atoms with E-state index in [-0.39, 0.29) is 5.91 Å². The second-order valence-corrected chi connectivity index (χ2v) is 5.78. The average molecular weight is 301 g/mol. The third kappa shape index (κ3) is 3.85. The Labute approximate surface area is 123 Å². The van der Waals surface area contributed by atoms with Crippen LogP contribution in [0.15, 0.2) is 18.2 Å². The van der Waals surface area contributed by atoms with Crippen LogP contribution in [0.25, 0.3) is 0 Å². The smallest absolute Gasteiger partial charge is 0.218 e. The number of nitrogens with zero attached hydrogens (tertiary/aromatic N) is 1. The summed E-state index contributed by atoms with van der Waals surface area (Å²) >= 11 is 12.5. The predicted molar refractivity (Wildman–Crippen MR) is 78.7 cm³/mol. The highest BCUT2D eigenvalue weighted by molar-refractivity contribution is 6.36. The van der Waals surface area contributed by atoms with E-state index in [0.29, 0.717) is 12.3 Å². The van der Waals surface area contributed by atoms with Gasteiger partial charge in [-0.05, 0) is 49.5 Å². The van der Waals surface area contributed by atoms with Gasteiger partial charge in [0.05, 0.1) is 0 Å². The minimum Gasteiger partial charge on any atom is -0.370 e. The van der Waals surface area contributed by atoms with Crippen LogP contribution in [-0.2, 0) is 4.79 Å². The first-order valence-electron chi connectivity index (χ1n) is 6.52. The summed E-state index contributed by atoms with van der Waals surface area (Å²) in [5.41, 5.74) is 6.24. The van der Waals surface area contributed by atoms with Gasteiger partial charge in [-0.2, -0.15) is 0 Å². The van der Waals surface area contributed by atoms with Gasteiger partial charge in [0.15, 0.2) is 0 Å². The molecule has 0 spiro atoms. The maximum absolute atomic E-state index is 10.8. The van der Waals surface area contributed by atoms with E-state index in [9.17, 15) is 4.79 Å². The molecule has 1 fully saturated rings. The molecule has 1 aromatic rings. The highest BCUT2D eigenvalue weighted by atomic mass is 35.5. The third-order valence-electron chi connectivity index (χ3n) is 3.67. The molecule has 0 radical (unpaired) electrons. The molecule has 2 rings (SSSR count). The fourth-order valence-corrected chi connectivity index (χ4v) is 3.32. The second kappa shape index (κ2) is 6.60. The molecule has 1 aliphatic rings. The standard InChI is InChI=1S/C14H18Cl2N2O/c15-11-2-1-3-12(16)14(11)10-4-7-18(8-5-10)9-6-13(17)19/h1-3,10H,4-9H2,(H2,17,19). The number of primary amides is 1. The summed E-state index contributed by atoms with van der Waals surface area (Å²) < 4.78 is 0. The number of nitrogens with two attached hydrogens (primary N) is 1. The first kappa shape index (κ1) is 14.6. The lowest BCUT2D eigenvalue weighted by atomic mass is 9.89.